The molecule has 1 N–H and O–H groups in total. The van der Waals surface area contributed by atoms with E-state index in [0.717, 1.165) is 12.8 Å². The highest BCUT2D eigenvalue weighted by Gasteiger charge is 2.38. The van der Waals surface area contributed by atoms with Crippen molar-refractivity contribution in [1.29, 1.82) is 5.26 Å². The second kappa shape index (κ2) is 6.43. The number of hydrogen-bond acceptors (Lipinski definition) is 6. The quantitative estimate of drug-likeness (QED) is 0.501. The van der Waals surface area contributed by atoms with Gasteiger partial charge in [-0.3, -0.25) is 13.9 Å². The number of rotatable bonds is 4. The number of likely N-dealkylation sites (tertiary alicyclic amines) is 1. The summed E-state index contributed by atoms with van der Waals surface area (Å²) in [5, 5.41) is 18.4. The average Bonchev–Trinajstić information content (AvgIpc) is 3.42. The van der Waals surface area contributed by atoms with E-state index in [9.17, 15) is 9.59 Å². The van der Waals surface area contributed by atoms with E-state index in [1.807, 2.05) is 0 Å². The molecule has 8 nitrogen and oxygen atoms in total. The standard InChI is InChI=1S/C19H22N4O4/c1-19(6-7-19)11-22-16-3-2-14(27-26)10-15(16)17(24)23(18(22)25)13-4-8-21(12-20)9-5-13/h2-3,10,13,26H,4-9,11H2,1H3. The fourth-order valence-corrected chi connectivity index (χ4v) is 3.88. The van der Waals surface area contributed by atoms with E-state index in [1.165, 1.54) is 10.6 Å². The van der Waals surface area contributed by atoms with Crippen LogP contribution in [0.5, 0.6) is 5.75 Å². The van der Waals surface area contributed by atoms with Crippen LogP contribution < -0.4 is 16.1 Å². The predicted molar refractivity (Wildman–Crippen MR) is 98.5 cm³/mol. The van der Waals surface area contributed by atoms with E-state index in [0.29, 0.717) is 43.4 Å². The van der Waals surface area contributed by atoms with Gasteiger partial charge in [-0.15, -0.1) is 0 Å². The molecule has 0 bridgehead atoms. The molecule has 0 atom stereocenters. The highest BCUT2D eigenvalue weighted by atomic mass is 17.1. The first kappa shape index (κ1) is 17.6. The zero-order chi connectivity index (χ0) is 19.2. The van der Waals surface area contributed by atoms with Crippen LogP contribution in [0.15, 0.2) is 27.8 Å². The van der Waals surface area contributed by atoms with Crippen molar-refractivity contribution in [2.45, 2.75) is 45.2 Å². The zero-order valence-corrected chi connectivity index (χ0v) is 15.2. The van der Waals surface area contributed by atoms with Crippen LogP contribution in [0.2, 0.25) is 0 Å². The summed E-state index contributed by atoms with van der Waals surface area (Å²) in [4.78, 5) is 32.4. The van der Waals surface area contributed by atoms with Gasteiger partial charge in [0.1, 0.15) is 0 Å². The Labute approximate surface area is 155 Å². The molecular weight excluding hydrogens is 348 g/mol. The van der Waals surface area contributed by atoms with Crippen LogP contribution in [0.25, 0.3) is 10.9 Å². The normalized spacial score (nSPS) is 19.1. The summed E-state index contributed by atoms with van der Waals surface area (Å²) in [6, 6.07) is 4.43. The fraction of sp³-hybridized carbons (Fsp3) is 0.526. The van der Waals surface area contributed by atoms with Gasteiger partial charge in [0, 0.05) is 25.7 Å². The maximum atomic E-state index is 13.3. The van der Waals surface area contributed by atoms with Crippen LogP contribution in [-0.4, -0.2) is 32.4 Å². The Morgan fingerprint density at radius 3 is 2.59 bits per heavy atom. The smallest absolute Gasteiger partial charge is 0.331 e. The summed E-state index contributed by atoms with van der Waals surface area (Å²) in [5.41, 5.74) is -0.0326. The third-order valence-corrected chi connectivity index (χ3v) is 5.86. The molecule has 2 fully saturated rings. The van der Waals surface area contributed by atoms with Crippen LogP contribution in [-0.2, 0) is 6.54 Å². The van der Waals surface area contributed by atoms with Crippen molar-refractivity contribution >= 4 is 10.9 Å². The Balaban J connectivity index is 1.89. The van der Waals surface area contributed by atoms with Gasteiger partial charge < -0.3 is 9.79 Å². The van der Waals surface area contributed by atoms with Gasteiger partial charge in [0.05, 0.1) is 10.9 Å². The zero-order valence-electron chi connectivity index (χ0n) is 15.2. The molecule has 2 aliphatic rings. The molecule has 0 spiro atoms. The molecule has 1 aliphatic heterocycles. The molecule has 142 valence electrons. The molecule has 1 aliphatic carbocycles. The average molecular weight is 370 g/mol. The predicted octanol–water partition coefficient (Wildman–Crippen LogP) is 1.93. The fourth-order valence-electron chi connectivity index (χ4n) is 3.88. The third-order valence-electron chi connectivity index (χ3n) is 5.86. The van der Waals surface area contributed by atoms with Gasteiger partial charge in [-0.05, 0) is 49.3 Å². The Morgan fingerprint density at radius 2 is 2.00 bits per heavy atom. The Kier molecular flexibility index (Phi) is 4.19. The summed E-state index contributed by atoms with van der Waals surface area (Å²) in [6.45, 7) is 3.75. The van der Waals surface area contributed by atoms with E-state index in [4.69, 9.17) is 10.5 Å². The van der Waals surface area contributed by atoms with Crippen LogP contribution >= 0.6 is 0 Å². The number of aromatic nitrogens is 2. The maximum Gasteiger partial charge on any atom is 0.331 e. The first-order valence-electron chi connectivity index (χ1n) is 9.21. The number of piperidine rings is 1. The highest BCUT2D eigenvalue weighted by molar-refractivity contribution is 5.79. The lowest BCUT2D eigenvalue weighted by Crippen LogP contribution is -2.45. The van der Waals surface area contributed by atoms with Gasteiger partial charge in [0.25, 0.3) is 5.56 Å². The molecule has 2 heterocycles. The summed E-state index contributed by atoms with van der Waals surface area (Å²) in [6.07, 6.45) is 5.37. The van der Waals surface area contributed by atoms with E-state index in [-0.39, 0.29) is 28.5 Å². The van der Waals surface area contributed by atoms with Crippen molar-refractivity contribution in [3.63, 3.8) is 0 Å². The van der Waals surface area contributed by atoms with E-state index < -0.39 is 0 Å². The molecular formula is C19H22N4O4. The molecule has 0 unspecified atom stereocenters. The second-order valence-electron chi connectivity index (χ2n) is 7.94. The van der Waals surface area contributed by atoms with Crippen LogP contribution in [0.4, 0.5) is 0 Å². The molecule has 27 heavy (non-hydrogen) atoms. The molecule has 8 heteroatoms. The molecule has 1 aromatic carbocycles. The van der Waals surface area contributed by atoms with Crippen molar-refractivity contribution < 1.29 is 10.1 Å². The number of nitrogens with zero attached hydrogens (tertiary/aromatic N) is 4. The lowest BCUT2D eigenvalue weighted by Gasteiger charge is -2.29. The summed E-state index contributed by atoms with van der Waals surface area (Å²) in [5.74, 6) is 0.160. The first-order chi connectivity index (χ1) is 13.0. The molecule has 1 saturated carbocycles. The van der Waals surface area contributed by atoms with Crippen LogP contribution in [0, 0.1) is 16.9 Å². The highest BCUT2D eigenvalue weighted by Crippen LogP contribution is 2.46. The summed E-state index contributed by atoms with van der Waals surface area (Å²) < 4.78 is 3.02. The van der Waals surface area contributed by atoms with Crippen LogP contribution in [0.3, 0.4) is 0 Å². The maximum absolute atomic E-state index is 13.3. The minimum absolute atomic E-state index is 0.0787. The minimum Gasteiger partial charge on any atom is -0.340 e. The number of fused-ring (bicyclic) bond motifs is 1. The largest absolute Gasteiger partial charge is 0.340 e. The third kappa shape index (κ3) is 3.08. The van der Waals surface area contributed by atoms with Crippen molar-refractivity contribution in [2.75, 3.05) is 13.1 Å². The van der Waals surface area contributed by atoms with E-state index in [2.05, 4.69) is 18.0 Å². The molecule has 0 amide bonds. The molecule has 1 saturated heterocycles. The van der Waals surface area contributed by atoms with Gasteiger partial charge >= 0.3 is 5.69 Å². The molecule has 0 radical (unpaired) electrons. The van der Waals surface area contributed by atoms with Gasteiger partial charge in [0.2, 0.25) is 0 Å². The second-order valence-corrected chi connectivity index (χ2v) is 7.94. The Hall–Kier alpha value is -2.79. The number of hydrogen-bond donors (Lipinski definition) is 1. The van der Waals surface area contributed by atoms with E-state index in [1.54, 1.807) is 21.6 Å². The lowest BCUT2D eigenvalue weighted by atomic mass is 10.0. The monoisotopic (exact) mass is 370 g/mol. The minimum atomic E-state index is -0.374. The summed E-state index contributed by atoms with van der Waals surface area (Å²) >= 11 is 0. The SMILES string of the molecule is CC1(Cn2c(=O)n(C3CCN(C#N)CC3)c(=O)c3cc(OO)ccc32)CC1. The van der Waals surface area contributed by atoms with Gasteiger partial charge in [0.15, 0.2) is 11.9 Å². The number of nitriles is 1. The van der Waals surface area contributed by atoms with Gasteiger partial charge in [-0.1, -0.05) is 6.92 Å². The topological polar surface area (TPSA) is 100 Å². The Morgan fingerprint density at radius 1 is 1.30 bits per heavy atom. The van der Waals surface area contributed by atoms with Crippen molar-refractivity contribution in [3.8, 4) is 11.9 Å². The van der Waals surface area contributed by atoms with Crippen molar-refractivity contribution in [2.24, 2.45) is 5.41 Å². The van der Waals surface area contributed by atoms with E-state index >= 15 is 0 Å². The molecule has 4 rings (SSSR count). The lowest BCUT2D eigenvalue weighted by molar-refractivity contribution is -0.137. The molecule has 2 aromatic rings. The molecule has 1 aromatic heterocycles. The van der Waals surface area contributed by atoms with Gasteiger partial charge in [-0.25, -0.2) is 10.1 Å². The Bertz CT molecular complexity index is 1040. The summed E-state index contributed by atoms with van der Waals surface area (Å²) in [7, 11) is 0. The van der Waals surface area contributed by atoms with Crippen molar-refractivity contribution in [3.05, 3.63) is 39.0 Å². The van der Waals surface area contributed by atoms with Crippen molar-refractivity contribution in [1.82, 2.24) is 14.0 Å². The first-order valence-corrected chi connectivity index (χ1v) is 9.21. The van der Waals surface area contributed by atoms with Crippen LogP contribution in [0.1, 0.15) is 38.6 Å². The van der Waals surface area contributed by atoms with Gasteiger partial charge in [-0.2, -0.15) is 5.26 Å². The number of benzene rings is 1.